The Labute approximate surface area is 154 Å². The van der Waals surface area contributed by atoms with Crippen LogP contribution in [0.1, 0.15) is 23.2 Å². The highest BCUT2D eigenvalue weighted by Gasteiger charge is 2.25. The average Bonchev–Trinajstić information content (AvgIpc) is 3.31. The van der Waals surface area contributed by atoms with Gasteiger partial charge in [0.25, 0.3) is 5.91 Å². The van der Waals surface area contributed by atoms with E-state index in [1.165, 1.54) is 23.9 Å². The first-order valence-corrected chi connectivity index (χ1v) is 9.25. The van der Waals surface area contributed by atoms with Gasteiger partial charge in [0.1, 0.15) is 6.26 Å². The van der Waals surface area contributed by atoms with Crippen molar-refractivity contribution < 1.29 is 14.0 Å². The number of urea groups is 1. The fourth-order valence-corrected chi connectivity index (χ4v) is 3.90. The van der Waals surface area contributed by atoms with Crippen molar-refractivity contribution in [1.82, 2.24) is 15.2 Å². The molecule has 4 rings (SSSR count). The van der Waals surface area contributed by atoms with E-state index in [-0.39, 0.29) is 18.0 Å². The molecule has 0 saturated carbocycles. The van der Waals surface area contributed by atoms with Gasteiger partial charge in [-0.1, -0.05) is 23.5 Å². The maximum Gasteiger partial charge on any atom is 0.321 e. The fraction of sp³-hybridized carbons (Fsp3) is 0.278. The van der Waals surface area contributed by atoms with Crippen LogP contribution >= 0.6 is 11.3 Å². The van der Waals surface area contributed by atoms with Crippen molar-refractivity contribution in [2.45, 2.75) is 18.9 Å². The number of thiazole rings is 1. The molecule has 0 spiro atoms. The van der Waals surface area contributed by atoms with Crippen molar-refractivity contribution in [2.24, 2.45) is 0 Å². The number of carbonyl (C=O) groups excluding carboxylic acids is 2. The number of benzene rings is 1. The molecular formula is C18H18N4O3S. The van der Waals surface area contributed by atoms with Crippen LogP contribution in [0.2, 0.25) is 0 Å². The van der Waals surface area contributed by atoms with E-state index in [0.717, 1.165) is 23.1 Å². The van der Waals surface area contributed by atoms with Crippen LogP contribution in [0.25, 0.3) is 10.2 Å². The molecule has 0 atom stereocenters. The van der Waals surface area contributed by atoms with Gasteiger partial charge >= 0.3 is 6.03 Å². The smallest absolute Gasteiger partial charge is 0.321 e. The van der Waals surface area contributed by atoms with Gasteiger partial charge in [-0.3, -0.25) is 10.1 Å². The lowest BCUT2D eigenvalue weighted by Crippen LogP contribution is -2.47. The number of piperidine rings is 1. The molecule has 3 aromatic rings. The summed E-state index contributed by atoms with van der Waals surface area (Å²) in [6, 6.07) is 9.21. The summed E-state index contributed by atoms with van der Waals surface area (Å²) < 4.78 is 6.00. The van der Waals surface area contributed by atoms with E-state index in [9.17, 15) is 9.59 Å². The number of nitrogens with zero attached hydrogens (tertiary/aromatic N) is 2. The number of likely N-dealkylation sites (tertiary alicyclic amines) is 1. The minimum absolute atomic E-state index is 0.0314. The predicted molar refractivity (Wildman–Crippen MR) is 99.4 cm³/mol. The molecule has 3 heterocycles. The molecule has 134 valence electrons. The van der Waals surface area contributed by atoms with Crippen LogP contribution in [0, 0.1) is 0 Å². The first-order chi connectivity index (χ1) is 12.7. The second kappa shape index (κ2) is 7.17. The number of amides is 3. The van der Waals surface area contributed by atoms with Crippen LogP contribution in [0.5, 0.6) is 0 Å². The van der Waals surface area contributed by atoms with Crippen molar-refractivity contribution in [2.75, 3.05) is 18.4 Å². The number of nitrogens with one attached hydrogen (secondary N) is 2. The Bertz CT molecular complexity index is 881. The van der Waals surface area contributed by atoms with E-state index in [1.54, 1.807) is 11.0 Å². The number of hydrogen-bond donors (Lipinski definition) is 2. The number of fused-ring (bicyclic) bond motifs is 1. The topological polar surface area (TPSA) is 87.5 Å². The quantitative estimate of drug-likeness (QED) is 0.740. The molecule has 2 aromatic heterocycles. The van der Waals surface area contributed by atoms with Gasteiger partial charge in [-0.05, 0) is 31.0 Å². The van der Waals surface area contributed by atoms with Gasteiger partial charge in [-0.2, -0.15) is 0 Å². The SMILES string of the molecule is O=C(Nc1nc2ccccc2s1)NC1CCN(C(=O)c2ccoc2)CC1. The standard InChI is InChI=1S/C18H18N4O3S/c23-16(12-7-10-25-11-12)22-8-5-13(6-9-22)19-17(24)21-18-20-14-3-1-2-4-15(14)26-18/h1-4,7,10-11,13H,5-6,8-9H2,(H2,19,20,21,24). The first-order valence-electron chi connectivity index (χ1n) is 8.43. The Kier molecular flexibility index (Phi) is 4.57. The molecule has 26 heavy (non-hydrogen) atoms. The van der Waals surface area contributed by atoms with Crippen LogP contribution in [0.3, 0.4) is 0 Å². The zero-order valence-electron chi connectivity index (χ0n) is 14.0. The summed E-state index contributed by atoms with van der Waals surface area (Å²) >= 11 is 1.45. The van der Waals surface area contributed by atoms with E-state index in [1.807, 2.05) is 24.3 Å². The van der Waals surface area contributed by atoms with Crippen molar-refractivity contribution in [3.63, 3.8) is 0 Å². The van der Waals surface area contributed by atoms with Gasteiger partial charge in [-0.25, -0.2) is 9.78 Å². The number of hydrogen-bond acceptors (Lipinski definition) is 5. The third-order valence-corrected chi connectivity index (χ3v) is 5.35. The van der Waals surface area contributed by atoms with Crippen molar-refractivity contribution >= 4 is 38.6 Å². The van der Waals surface area contributed by atoms with Crippen LogP contribution in [0.4, 0.5) is 9.93 Å². The largest absolute Gasteiger partial charge is 0.472 e. The molecule has 0 unspecified atom stereocenters. The second-order valence-electron chi connectivity index (χ2n) is 6.16. The molecule has 0 aliphatic carbocycles. The summed E-state index contributed by atoms with van der Waals surface area (Å²) in [4.78, 5) is 30.7. The number of rotatable bonds is 3. The van der Waals surface area contributed by atoms with E-state index in [2.05, 4.69) is 15.6 Å². The predicted octanol–water partition coefficient (Wildman–Crippen LogP) is 3.32. The van der Waals surface area contributed by atoms with Crippen LogP contribution in [0.15, 0.2) is 47.3 Å². The number of anilines is 1. The van der Waals surface area contributed by atoms with Gasteiger partial charge in [0, 0.05) is 19.1 Å². The van der Waals surface area contributed by atoms with E-state index in [0.29, 0.717) is 23.8 Å². The van der Waals surface area contributed by atoms with Crippen LogP contribution in [-0.2, 0) is 0 Å². The number of furan rings is 1. The monoisotopic (exact) mass is 370 g/mol. The Morgan fingerprint density at radius 2 is 2.00 bits per heavy atom. The summed E-state index contributed by atoms with van der Waals surface area (Å²) in [5.74, 6) is -0.0314. The van der Waals surface area contributed by atoms with E-state index >= 15 is 0 Å². The van der Waals surface area contributed by atoms with Gasteiger partial charge in [0.05, 0.1) is 22.0 Å². The third-order valence-electron chi connectivity index (χ3n) is 4.40. The van der Waals surface area contributed by atoms with Crippen molar-refractivity contribution in [1.29, 1.82) is 0 Å². The highest BCUT2D eigenvalue weighted by molar-refractivity contribution is 7.22. The summed E-state index contributed by atoms with van der Waals surface area (Å²) in [5, 5.41) is 6.35. The van der Waals surface area contributed by atoms with Crippen molar-refractivity contribution in [3.8, 4) is 0 Å². The summed E-state index contributed by atoms with van der Waals surface area (Å²) in [7, 11) is 0. The minimum atomic E-state index is -0.260. The average molecular weight is 370 g/mol. The molecule has 0 bridgehead atoms. The molecule has 1 saturated heterocycles. The van der Waals surface area contributed by atoms with E-state index < -0.39 is 0 Å². The molecule has 3 amide bonds. The zero-order chi connectivity index (χ0) is 17.9. The molecule has 7 nitrogen and oxygen atoms in total. The highest BCUT2D eigenvalue weighted by Crippen LogP contribution is 2.25. The van der Waals surface area contributed by atoms with Gasteiger partial charge in [-0.15, -0.1) is 0 Å². The number of aromatic nitrogens is 1. The second-order valence-corrected chi connectivity index (χ2v) is 7.19. The summed E-state index contributed by atoms with van der Waals surface area (Å²) in [5.41, 5.74) is 1.43. The summed E-state index contributed by atoms with van der Waals surface area (Å²) in [6.45, 7) is 1.21. The van der Waals surface area contributed by atoms with Crippen molar-refractivity contribution in [3.05, 3.63) is 48.4 Å². The Balaban J connectivity index is 1.28. The van der Waals surface area contributed by atoms with Gasteiger partial charge in [0.2, 0.25) is 0 Å². The molecule has 1 aliphatic rings. The fourth-order valence-electron chi connectivity index (χ4n) is 3.04. The molecule has 1 fully saturated rings. The number of para-hydroxylation sites is 1. The lowest BCUT2D eigenvalue weighted by Gasteiger charge is -2.32. The zero-order valence-corrected chi connectivity index (χ0v) is 14.8. The highest BCUT2D eigenvalue weighted by atomic mass is 32.1. The van der Waals surface area contributed by atoms with Gasteiger partial charge in [0.15, 0.2) is 5.13 Å². The maximum atomic E-state index is 12.3. The molecule has 1 aliphatic heterocycles. The maximum absolute atomic E-state index is 12.3. The minimum Gasteiger partial charge on any atom is -0.472 e. The van der Waals surface area contributed by atoms with Crippen LogP contribution in [-0.4, -0.2) is 41.0 Å². The lowest BCUT2D eigenvalue weighted by atomic mass is 10.0. The Hall–Kier alpha value is -2.87. The third kappa shape index (κ3) is 3.55. The molecule has 0 radical (unpaired) electrons. The summed E-state index contributed by atoms with van der Waals surface area (Å²) in [6.07, 6.45) is 4.39. The molecule has 1 aromatic carbocycles. The molecule has 8 heteroatoms. The van der Waals surface area contributed by atoms with Gasteiger partial charge < -0.3 is 14.6 Å². The number of carbonyl (C=O) groups is 2. The molecular weight excluding hydrogens is 352 g/mol. The first kappa shape index (κ1) is 16.6. The van der Waals surface area contributed by atoms with E-state index in [4.69, 9.17) is 4.42 Å². The molecule has 2 N–H and O–H groups in total. The normalized spacial score (nSPS) is 15.2. The van der Waals surface area contributed by atoms with Crippen LogP contribution < -0.4 is 10.6 Å². The lowest BCUT2D eigenvalue weighted by molar-refractivity contribution is 0.0708. The Morgan fingerprint density at radius 3 is 2.73 bits per heavy atom. The Morgan fingerprint density at radius 1 is 1.19 bits per heavy atom.